The molecular weight excluding hydrogens is 232 g/mol. The molecule has 5 nitrogen and oxygen atoms in total. The maximum absolute atomic E-state index is 11.4. The lowest BCUT2D eigenvalue weighted by Gasteiger charge is -2.12. The first-order chi connectivity index (χ1) is 8.68. The molecular formula is C13H22N2O3. The molecule has 1 rings (SSSR count). The maximum Gasteiger partial charge on any atom is 0.315 e. The number of rotatable bonds is 8. The Morgan fingerprint density at radius 3 is 2.44 bits per heavy atom. The number of amides is 2. The fourth-order valence-electron chi connectivity index (χ4n) is 1.93. The lowest BCUT2D eigenvalue weighted by atomic mass is 10.1. The molecule has 1 aliphatic carbocycles. The maximum atomic E-state index is 11.4. The fourth-order valence-corrected chi connectivity index (χ4v) is 1.93. The van der Waals surface area contributed by atoms with E-state index >= 15 is 0 Å². The second-order valence-corrected chi connectivity index (χ2v) is 4.60. The normalized spacial score (nSPS) is 14.7. The molecule has 5 heteroatoms. The zero-order valence-corrected chi connectivity index (χ0v) is 10.7. The van der Waals surface area contributed by atoms with Crippen LogP contribution in [0.3, 0.4) is 0 Å². The minimum absolute atomic E-state index is 0.103. The van der Waals surface area contributed by atoms with Crippen molar-refractivity contribution in [2.45, 2.75) is 51.0 Å². The Bertz CT molecular complexity index is 295. The van der Waals surface area contributed by atoms with Crippen molar-refractivity contribution in [2.24, 2.45) is 0 Å². The summed E-state index contributed by atoms with van der Waals surface area (Å²) in [5.74, 6) is -0.738. The molecule has 0 saturated carbocycles. The van der Waals surface area contributed by atoms with Gasteiger partial charge in [0.1, 0.15) is 0 Å². The number of urea groups is 1. The first kappa shape index (κ1) is 14.5. The van der Waals surface area contributed by atoms with Gasteiger partial charge >= 0.3 is 12.0 Å². The third kappa shape index (κ3) is 6.93. The summed E-state index contributed by atoms with van der Waals surface area (Å²) < 4.78 is 0. The summed E-state index contributed by atoms with van der Waals surface area (Å²) in [7, 11) is 0. The quantitative estimate of drug-likeness (QED) is 0.458. The first-order valence-corrected chi connectivity index (χ1v) is 6.59. The number of nitrogens with one attached hydrogen (secondary N) is 2. The molecule has 0 spiro atoms. The number of hydrogen-bond acceptors (Lipinski definition) is 2. The predicted octanol–water partition coefficient (Wildman–Crippen LogP) is 2.04. The van der Waals surface area contributed by atoms with Crippen molar-refractivity contribution < 1.29 is 14.7 Å². The molecule has 0 aromatic carbocycles. The molecule has 18 heavy (non-hydrogen) atoms. The summed E-state index contributed by atoms with van der Waals surface area (Å²) in [5.41, 5.74) is 0. The van der Waals surface area contributed by atoms with Crippen molar-refractivity contribution in [2.75, 3.05) is 6.54 Å². The van der Waals surface area contributed by atoms with Gasteiger partial charge in [0.2, 0.25) is 0 Å². The topological polar surface area (TPSA) is 78.4 Å². The van der Waals surface area contributed by atoms with Crippen molar-refractivity contribution in [1.29, 1.82) is 0 Å². The Morgan fingerprint density at radius 2 is 1.78 bits per heavy atom. The van der Waals surface area contributed by atoms with Crippen LogP contribution in [0.25, 0.3) is 0 Å². The van der Waals surface area contributed by atoms with E-state index in [1.807, 2.05) is 0 Å². The van der Waals surface area contributed by atoms with E-state index in [-0.39, 0.29) is 18.5 Å². The minimum atomic E-state index is -0.738. The van der Waals surface area contributed by atoms with Gasteiger partial charge in [0, 0.05) is 19.0 Å². The molecule has 1 aliphatic rings. The van der Waals surface area contributed by atoms with E-state index in [2.05, 4.69) is 22.8 Å². The Morgan fingerprint density at radius 1 is 1.11 bits per heavy atom. The number of unbranched alkanes of at least 4 members (excludes halogenated alkanes) is 3. The van der Waals surface area contributed by atoms with Gasteiger partial charge in [-0.05, 0) is 25.7 Å². The molecule has 0 aromatic heterocycles. The van der Waals surface area contributed by atoms with Gasteiger partial charge in [-0.15, -0.1) is 0 Å². The lowest BCUT2D eigenvalue weighted by Crippen LogP contribution is -2.41. The Kier molecular flexibility index (Phi) is 6.91. The largest absolute Gasteiger partial charge is 0.481 e. The van der Waals surface area contributed by atoms with Crippen LogP contribution in [0.15, 0.2) is 12.2 Å². The van der Waals surface area contributed by atoms with Gasteiger partial charge in [-0.1, -0.05) is 25.0 Å². The summed E-state index contributed by atoms with van der Waals surface area (Å²) in [5, 5.41) is 14.2. The molecule has 0 saturated heterocycles. The molecule has 0 radical (unpaired) electrons. The third-order valence-electron chi connectivity index (χ3n) is 2.95. The van der Waals surface area contributed by atoms with Crippen LogP contribution in [-0.2, 0) is 4.79 Å². The Balaban J connectivity index is 1.87. The van der Waals surface area contributed by atoms with E-state index in [4.69, 9.17) is 5.11 Å². The van der Waals surface area contributed by atoms with Crippen LogP contribution in [0.5, 0.6) is 0 Å². The van der Waals surface area contributed by atoms with Gasteiger partial charge < -0.3 is 15.7 Å². The second-order valence-electron chi connectivity index (χ2n) is 4.60. The summed E-state index contributed by atoms with van der Waals surface area (Å²) in [6, 6.07) is 0.148. The summed E-state index contributed by atoms with van der Waals surface area (Å²) >= 11 is 0. The number of carbonyl (C=O) groups excluding carboxylic acids is 1. The summed E-state index contributed by atoms with van der Waals surface area (Å²) in [4.78, 5) is 21.7. The molecule has 0 fully saturated rings. The Hall–Kier alpha value is -1.52. The number of aliphatic carboxylic acids is 1. The van der Waals surface area contributed by atoms with Gasteiger partial charge in [0.05, 0.1) is 0 Å². The fraction of sp³-hybridized carbons (Fsp3) is 0.692. The number of carboxylic acids is 1. The zero-order valence-electron chi connectivity index (χ0n) is 10.7. The van der Waals surface area contributed by atoms with Crippen LogP contribution in [0.4, 0.5) is 4.79 Å². The van der Waals surface area contributed by atoms with Crippen molar-refractivity contribution in [3.05, 3.63) is 12.2 Å². The highest BCUT2D eigenvalue weighted by atomic mass is 16.4. The highest BCUT2D eigenvalue weighted by molar-refractivity contribution is 5.74. The predicted molar refractivity (Wildman–Crippen MR) is 69.4 cm³/mol. The summed E-state index contributed by atoms with van der Waals surface area (Å²) in [6.07, 6.45) is 9.71. The number of carbonyl (C=O) groups is 2. The van der Waals surface area contributed by atoms with E-state index in [9.17, 15) is 9.59 Å². The van der Waals surface area contributed by atoms with Gasteiger partial charge in [-0.3, -0.25) is 4.79 Å². The molecule has 0 unspecified atom stereocenters. The monoisotopic (exact) mass is 254 g/mol. The standard InChI is InChI=1S/C13H22N2O3/c16-12(17)9-3-1-2-6-10-14-13(18)15-11-7-4-5-8-11/h4-5,11H,1-3,6-10H2,(H,16,17)(H2,14,15,18). The van der Waals surface area contributed by atoms with E-state index in [0.717, 1.165) is 38.5 Å². The second kappa shape index (κ2) is 8.55. The average Bonchev–Trinajstić information content (AvgIpc) is 2.80. The zero-order chi connectivity index (χ0) is 13.2. The van der Waals surface area contributed by atoms with Gasteiger partial charge in [-0.2, -0.15) is 0 Å². The highest BCUT2D eigenvalue weighted by Gasteiger charge is 2.12. The van der Waals surface area contributed by atoms with Crippen LogP contribution in [0.1, 0.15) is 44.9 Å². The third-order valence-corrected chi connectivity index (χ3v) is 2.95. The van der Waals surface area contributed by atoms with E-state index < -0.39 is 5.97 Å². The number of carboxylic acid groups (broad SMARTS) is 1. The van der Waals surface area contributed by atoms with Crippen molar-refractivity contribution in [3.63, 3.8) is 0 Å². The van der Waals surface area contributed by atoms with Crippen LogP contribution >= 0.6 is 0 Å². The van der Waals surface area contributed by atoms with Crippen molar-refractivity contribution >= 4 is 12.0 Å². The van der Waals surface area contributed by atoms with Crippen molar-refractivity contribution in [3.8, 4) is 0 Å². The van der Waals surface area contributed by atoms with Gasteiger partial charge in [0.25, 0.3) is 0 Å². The molecule has 0 aromatic rings. The van der Waals surface area contributed by atoms with E-state index in [1.165, 1.54) is 0 Å². The van der Waals surface area contributed by atoms with Gasteiger partial charge in [0.15, 0.2) is 0 Å². The Labute approximate surface area is 108 Å². The average molecular weight is 254 g/mol. The SMILES string of the molecule is O=C(O)CCCCCCNC(=O)NC1CC=CC1. The van der Waals surface area contributed by atoms with E-state index in [1.54, 1.807) is 0 Å². The van der Waals surface area contributed by atoms with Crippen molar-refractivity contribution in [1.82, 2.24) is 10.6 Å². The molecule has 0 atom stereocenters. The minimum Gasteiger partial charge on any atom is -0.481 e. The van der Waals surface area contributed by atoms with Gasteiger partial charge in [-0.25, -0.2) is 4.79 Å². The van der Waals surface area contributed by atoms with E-state index in [0.29, 0.717) is 6.54 Å². The molecule has 0 bridgehead atoms. The van der Waals surface area contributed by atoms with Crippen LogP contribution < -0.4 is 10.6 Å². The van der Waals surface area contributed by atoms with Crippen LogP contribution in [0, 0.1) is 0 Å². The highest BCUT2D eigenvalue weighted by Crippen LogP contribution is 2.08. The smallest absolute Gasteiger partial charge is 0.315 e. The molecule has 3 N–H and O–H groups in total. The molecule has 0 heterocycles. The molecule has 102 valence electrons. The summed E-state index contributed by atoms with van der Waals surface area (Å²) in [6.45, 7) is 0.652. The first-order valence-electron chi connectivity index (χ1n) is 6.59. The molecule has 2 amide bonds. The van der Waals surface area contributed by atoms with Crippen LogP contribution in [-0.4, -0.2) is 29.7 Å². The van der Waals surface area contributed by atoms with Crippen LogP contribution in [0.2, 0.25) is 0 Å². The lowest BCUT2D eigenvalue weighted by molar-refractivity contribution is -0.137. The number of hydrogen-bond donors (Lipinski definition) is 3. The molecule has 0 aliphatic heterocycles.